The topological polar surface area (TPSA) is 86.9 Å². The standard InChI is InChI=1S/C17H14ClFN4O2/c1-9(20-16(25)10-6-7-12(19)11(18)8-10)15(24)23-17-21-13-4-2-3-5-14(13)22-17/h2-9H,1H3,(H,20,25)(H2,21,22,23,24). The van der Waals surface area contributed by atoms with Gasteiger partial charge < -0.3 is 10.3 Å². The van der Waals surface area contributed by atoms with Gasteiger partial charge in [-0.05, 0) is 37.3 Å². The van der Waals surface area contributed by atoms with Crippen LogP contribution in [0.2, 0.25) is 5.02 Å². The van der Waals surface area contributed by atoms with Crippen molar-refractivity contribution in [2.45, 2.75) is 13.0 Å². The zero-order valence-electron chi connectivity index (χ0n) is 13.1. The van der Waals surface area contributed by atoms with Gasteiger partial charge in [0, 0.05) is 5.56 Å². The summed E-state index contributed by atoms with van der Waals surface area (Å²) in [5.74, 6) is -1.30. The quantitative estimate of drug-likeness (QED) is 0.668. The molecule has 1 unspecified atom stereocenters. The lowest BCUT2D eigenvalue weighted by atomic mass is 10.2. The summed E-state index contributed by atoms with van der Waals surface area (Å²) in [6.45, 7) is 1.53. The maximum Gasteiger partial charge on any atom is 0.251 e. The van der Waals surface area contributed by atoms with E-state index >= 15 is 0 Å². The Morgan fingerprint density at radius 2 is 2.00 bits per heavy atom. The molecule has 1 atom stereocenters. The molecule has 3 N–H and O–H groups in total. The molecule has 25 heavy (non-hydrogen) atoms. The molecule has 0 bridgehead atoms. The molecule has 2 amide bonds. The molecule has 2 aromatic carbocycles. The number of anilines is 1. The van der Waals surface area contributed by atoms with E-state index in [-0.39, 0.29) is 16.5 Å². The van der Waals surface area contributed by atoms with Crippen LogP contribution in [0.5, 0.6) is 0 Å². The number of aromatic nitrogens is 2. The molecule has 0 radical (unpaired) electrons. The van der Waals surface area contributed by atoms with E-state index in [9.17, 15) is 14.0 Å². The van der Waals surface area contributed by atoms with Crippen LogP contribution < -0.4 is 10.6 Å². The van der Waals surface area contributed by atoms with E-state index in [4.69, 9.17) is 11.6 Å². The van der Waals surface area contributed by atoms with Crippen molar-refractivity contribution in [1.29, 1.82) is 0 Å². The number of carbonyl (C=O) groups is 2. The molecule has 0 aliphatic heterocycles. The maximum absolute atomic E-state index is 13.1. The Morgan fingerprint density at radius 3 is 2.72 bits per heavy atom. The van der Waals surface area contributed by atoms with Crippen LogP contribution in [0.25, 0.3) is 11.0 Å². The number of carbonyl (C=O) groups excluding carboxylic acids is 2. The maximum atomic E-state index is 13.1. The van der Waals surface area contributed by atoms with Crippen molar-refractivity contribution in [2.75, 3.05) is 5.32 Å². The van der Waals surface area contributed by atoms with Crippen molar-refractivity contribution in [1.82, 2.24) is 15.3 Å². The fourth-order valence-electron chi connectivity index (χ4n) is 2.22. The summed E-state index contributed by atoms with van der Waals surface area (Å²) in [4.78, 5) is 31.5. The number of rotatable bonds is 4. The van der Waals surface area contributed by atoms with E-state index in [0.717, 1.165) is 17.1 Å². The lowest BCUT2D eigenvalue weighted by Crippen LogP contribution is -2.41. The largest absolute Gasteiger partial charge is 0.341 e. The molecule has 0 saturated heterocycles. The molecule has 3 rings (SSSR count). The number of fused-ring (bicyclic) bond motifs is 1. The van der Waals surface area contributed by atoms with Gasteiger partial charge in [0.2, 0.25) is 11.9 Å². The molecule has 0 aliphatic rings. The SMILES string of the molecule is CC(NC(=O)c1ccc(F)c(Cl)c1)C(=O)Nc1nc2ccccc2[nH]1. The molecule has 6 nitrogen and oxygen atoms in total. The third kappa shape index (κ3) is 3.77. The number of halogens is 2. The molecule has 3 aromatic rings. The number of aromatic amines is 1. The molecular formula is C17H14ClFN4O2. The van der Waals surface area contributed by atoms with Crippen LogP contribution in [0.4, 0.5) is 10.3 Å². The van der Waals surface area contributed by atoms with E-state index in [1.54, 1.807) is 0 Å². The van der Waals surface area contributed by atoms with Gasteiger partial charge in [0.05, 0.1) is 16.1 Å². The van der Waals surface area contributed by atoms with E-state index in [1.807, 2.05) is 24.3 Å². The van der Waals surface area contributed by atoms with Gasteiger partial charge in [0.1, 0.15) is 11.9 Å². The van der Waals surface area contributed by atoms with Gasteiger partial charge in [-0.1, -0.05) is 23.7 Å². The lowest BCUT2D eigenvalue weighted by Gasteiger charge is -2.13. The number of H-pyrrole nitrogens is 1. The number of amides is 2. The Bertz CT molecular complexity index is 924. The van der Waals surface area contributed by atoms with Crippen molar-refractivity contribution in [3.05, 3.63) is 58.9 Å². The van der Waals surface area contributed by atoms with Gasteiger partial charge in [0.25, 0.3) is 5.91 Å². The number of imidazole rings is 1. The van der Waals surface area contributed by atoms with Crippen molar-refractivity contribution >= 4 is 40.4 Å². The van der Waals surface area contributed by atoms with Crippen LogP contribution >= 0.6 is 11.6 Å². The fourth-order valence-corrected chi connectivity index (χ4v) is 2.40. The first-order valence-electron chi connectivity index (χ1n) is 7.45. The van der Waals surface area contributed by atoms with E-state index < -0.39 is 23.7 Å². The van der Waals surface area contributed by atoms with Gasteiger partial charge in [-0.3, -0.25) is 14.9 Å². The predicted octanol–water partition coefficient (Wildman–Crippen LogP) is 3.11. The highest BCUT2D eigenvalue weighted by atomic mass is 35.5. The van der Waals surface area contributed by atoms with Crippen LogP contribution in [-0.4, -0.2) is 27.8 Å². The van der Waals surface area contributed by atoms with Gasteiger partial charge in [0.15, 0.2) is 0 Å². The Labute approximate surface area is 147 Å². The normalized spacial score (nSPS) is 12.0. The number of hydrogen-bond donors (Lipinski definition) is 3. The third-order valence-electron chi connectivity index (χ3n) is 3.55. The first-order valence-corrected chi connectivity index (χ1v) is 7.83. The van der Waals surface area contributed by atoms with E-state index in [1.165, 1.54) is 19.1 Å². The minimum Gasteiger partial charge on any atom is -0.341 e. The molecular weight excluding hydrogens is 347 g/mol. The third-order valence-corrected chi connectivity index (χ3v) is 3.84. The highest BCUT2D eigenvalue weighted by Crippen LogP contribution is 2.16. The molecule has 128 valence electrons. The fraction of sp³-hybridized carbons (Fsp3) is 0.118. The van der Waals surface area contributed by atoms with E-state index in [0.29, 0.717) is 0 Å². The molecule has 1 heterocycles. The second-order valence-corrected chi connectivity index (χ2v) is 5.82. The van der Waals surface area contributed by atoms with Gasteiger partial charge in [-0.2, -0.15) is 0 Å². The molecule has 1 aromatic heterocycles. The van der Waals surface area contributed by atoms with Crippen LogP contribution in [0.3, 0.4) is 0 Å². The van der Waals surface area contributed by atoms with Gasteiger partial charge in [-0.25, -0.2) is 9.37 Å². The average molecular weight is 361 g/mol. The summed E-state index contributed by atoms with van der Waals surface area (Å²) < 4.78 is 13.1. The Balaban J connectivity index is 1.65. The molecule has 0 spiro atoms. The van der Waals surface area contributed by atoms with Crippen LogP contribution in [0.1, 0.15) is 17.3 Å². The zero-order chi connectivity index (χ0) is 18.0. The minimum atomic E-state index is -0.829. The van der Waals surface area contributed by atoms with Crippen LogP contribution in [-0.2, 0) is 4.79 Å². The lowest BCUT2D eigenvalue weighted by molar-refractivity contribution is -0.117. The second kappa shape index (κ2) is 6.90. The van der Waals surface area contributed by atoms with Gasteiger partial charge in [-0.15, -0.1) is 0 Å². The number of hydrogen-bond acceptors (Lipinski definition) is 3. The Morgan fingerprint density at radius 1 is 1.24 bits per heavy atom. The van der Waals surface area contributed by atoms with Crippen LogP contribution in [0, 0.1) is 5.82 Å². The number of nitrogens with zero attached hydrogens (tertiary/aromatic N) is 1. The highest BCUT2D eigenvalue weighted by molar-refractivity contribution is 6.31. The van der Waals surface area contributed by atoms with Crippen molar-refractivity contribution in [3.63, 3.8) is 0 Å². The van der Waals surface area contributed by atoms with E-state index in [2.05, 4.69) is 20.6 Å². The predicted molar refractivity (Wildman–Crippen MR) is 93.1 cm³/mol. The van der Waals surface area contributed by atoms with Crippen molar-refractivity contribution in [3.8, 4) is 0 Å². The molecule has 0 aliphatic carbocycles. The first kappa shape index (κ1) is 16.9. The summed E-state index contributed by atoms with van der Waals surface area (Å²) in [6, 6.07) is 10.1. The number of nitrogens with one attached hydrogen (secondary N) is 3. The summed E-state index contributed by atoms with van der Waals surface area (Å²) in [5, 5.41) is 4.96. The Hall–Kier alpha value is -2.93. The number of para-hydroxylation sites is 2. The smallest absolute Gasteiger partial charge is 0.251 e. The average Bonchev–Trinajstić information content (AvgIpc) is 2.99. The second-order valence-electron chi connectivity index (χ2n) is 5.42. The summed E-state index contributed by atoms with van der Waals surface area (Å²) in [5.41, 5.74) is 1.67. The zero-order valence-corrected chi connectivity index (χ0v) is 13.9. The molecule has 8 heteroatoms. The minimum absolute atomic E-state index is 0.160. The Kier molecular flexibility index (Phi) is 4.67. The van der Waals surface area contributed by atoms with Gasteiger partial charge >= 0.3 is 0 Å². The summed E-state index contributed by atoms with van der Waals surface area (Å²) in [6.07, 6.45) is 0. The molecule has 0 saturated carbocycles. The van der Waals surface area contributed by atoms with Crippen molar-refractivity contribution < 1.29 is 14.0 Å². The summed E-state index contributed by atoms with van der Waals surface area (Å²) >= 11 is 5.66. The first-order chi connectivity index (χ1) is 11.9. The summed E-state index contributed by atoms with van der Waals surface area (Å²) in [7, 11) is 0. The van der Waals surface area contributed by atoms with Crippen molar-refractivity contribution in [2.24, 2.45) is 0 Å². The highest BCUT2D eigenvalue weighted by Gasteiger charge is 2.18. The van der Waals surface area contributed by atoms with Crippen LogP contribution in [0.15, 0.2) is 42.5 Å². The monoisotopic (exact) mass is 360 g/mol. The molecule has 0 fully saturated rings. The number of benzene rings is 2.